The van der Waals surface area contributed by atoms with Crippen LogP contribution in [0, 0.1) is 0 Å². The Morgan fingerprint density at radius 1 is 1.42 bits per heavy atom. The lowest BCUT2D eigenvalue weighted by Gasteiger charge is -2.07. The zero-order chi connectivity index (χ0) is 14.0. The van der Waals surface area contributed by atoms with Gasteiger partial charge in [-0.3, -0.25) is 0 Å². The molecule has 0 aliphatic rings. The normalized spacial score (nSPS) is 12.1. The second kappa shape index (κ2) is 5.18. The van der Waals surface area contributed by atoms with Crippen LogP contribution in [0.15, 0.2) is 18.2 Å². The Morgan fingerprint density at radius 2 is 2.16 bits per heavy atom. The zero-order valence-electron chi connectivity index (χ0n) is 10.7. The molecular weight excluding hydrogens is 266 g/mol. The first-order chi connectivity index (χ1) is 8.96. The van der Waals surface area contributed by atoms with E-state index in [0.29, 0.717) is 17.0 Å². The summed E-state index contributed by atoms with van der Waals surface area (Å²) in [4.78, 5) is 4.26. The summed E-state index contributed by atoms with van der Waals surface area (Å²) in [7, 11) is -3.05. The van der Waals surface area contributed by atoms with E-state index >= 15 is 0 Å². The highest BCUT2D eigenvalue weighted by atomic mass is 32.2. The van der Waals surface area contributed by atoms with Crippen LogP contribution in [0.5, 0.6) is 0 Å². The molecule has 0 aliphatic carbocycles. The molecule has 0 saturated carbocycles. The van der Waals surface area contributed by atoms with Gasteiger partial charge >= 0.3 is 0 Å². The number of sulfone groups is 1. The fraction of sp³-hybridized carbons (Fsp3) is 0.417. The molecule has 1 aromatic heterocycles. The number of hydrogen-bond donors (Lipinski definition) is 2. The van der Waals surface area contributed by atoms with Crippen LogP contribution in [-0.4, -0.2) is 34.6 Å². The van der Waals surface area contributed by atoms with Gasteiger partial charge in [0, 0.05) is 18.0 Å². The van der Waals surface area contributed by atoms with Crippen molar-refractivity contribution in [3.05, 3.63) is 24.0 Å². The number of rotatable bonds is 5. The Hall–Kier alpha value is -1.60. The van der Waals surface area contributed by atoms with Crippen molar-refractivity contribution < 1.29 is 13.5 Å². The van der Waals surface area contributed by atoms with E-state index in [1.165, 1.54) is 0 Å². The summed E-state index contributed by atoms with van der Waals surface area (Å²) >= 11 is 0. The molecule has 0 aliphatic heterocycles. The first-order valence-corrected chi connectivity index (χ1v) is 7.85. The monoisotopic (exact) mass is 283 g/mol. The van der Waals surface area contributed by atoms with E-state index in [1.54, 1.807) is 29.7 Å². The lowest BCUT2D eigenvalue weighted by Crippen LogP contribution is -2.16. The number of benzene rings is 1. The third-order valence-corrected chi connectivity index (χ3v) is 4.74. The van der Waals surface area contributed by atoms with Gasteiger partial charge in [0.2, 0.25) is 0 Å². The summed E-state index contributed by atoms with van der Waals surface area (Å²) in [5.41, 5.74) is 7.71. The maximum atomic E-state index is 11.6. The summed E-state index contributed by atoms with van der Waals surface area (Å²) in [6, 6.07) is 5.23. The van der Waals surface area contributed by atoms with Gasteiger partial charge in [-0.15, -0.1) is 0 Å². The Bertz CT molecular complexity index is 692. The summed E-state index contributed by atoms with van der Waals surface area (Å²) < 4.78 is 24.9. The second-order valence-corrected chi connectivity index (χ2v) is 6.80. The number of nitrogens with two attached hydrogens (primary N) is 1. The number of anilines is 1. The van der Waals surface area contributed by atoms with Crippen molar-refractivity contribution in [3.63, 3.8) is 0 Å². The van der Waals surface area contributed by atoms with Gasteiger partial charge in [0.05, 0.1) is 16.8 Å². The van der Waals surface area contributed by atoms with Crippen molar-refractivity contribution in [2.45, 2.75) is 20.1 Å². The third-order valence-electron chi connectivity index (χ3n) is 3.06. The number of hydrogen-bond acceptors (Lipinski definition) is 5. The molecular formula is C12H17N3O3S. The highest BCUT2D eigenvalue weighted by molar-refractivity contribution is 7.91. The number of nitrogen functional groups attached to an aromatic ring is 1. The summed E-state index contributed by atoms with van der Waals surface area (Å²) in [6.07, 6.45) is 0. The fourth-order valence-corrected chi connectivity index (χ4v) is 2.69. The molecule has 6 nitrogen and oxygen atoms in total. The first-order valence-electron chi connectivity index (χ1n) is 6.02. The standard InChI is InChI=1S/C12H17N3O3S/c1-2-19(17,18)6-5-15-11-4-3-9(13)7-10(11)14-12(15)8-16/h3-4,7,16H,2,5-6,8,13H2,1H3. The van der Waals surface area contributed by atoms with Gasteiger partial charge in [-0.05, 0) is 18.2 Å². The lowest BCUT2D eigenvalue weighted by atomic mass is 10.3. The minimum Gasteiger partial charge on any atom is -0.399 e. The van der Waals surface area contributed by atoms with Gasteiger partial charge in [-0.25, -0.2) is 13.4 Å². The van der Waals surface area contributed by atoms with Crippen molar-refractivity contribution in [2.75, 3.05) is 17.2 Å². The molecule has 7 heteroatoms. The van der Waals surface area contributed by atoms with Crippen LogP contribution < -0.4 is 5.73 Å². The maximum Gasteiger partial charge on any atom is 0.151 e. The van der Waals surface area contributed by atoms with Crippen molar-refractivity contribution in [3.8, 4) is 0 Å². The molecule has 0 atom stereocenters. The predicted octanol–water partition coefficient (Wildman–Crippen LogP) is 0.545. The van der Waals surface area contributed by atoms with Crippen LogP contribution in [0.2, 0.25) is 0 Å². The van der Waals surface area contributed by atoms with E-state index in [-0.39, 0.29) is 24.7 Å². The zero-order valence-corrected chi connectivity index (χ0v) is 11.5. The van der Waals surface area contributed by atoms with Gasteiger partial charge in [0.25, 0.3) is 0 Å². The number of aliphatic hydroxyl groups excluding tert-OH is 1. The number of aryl methyl sites for hydroxylation is 1. The van der Waals surface area contributed by atoms with E-state index < -0.39 is 9.84 Å². The van der Waals surface area contributed by atoms with Crippen molar-refractivity contribution in [1.82, 2.24) is 9.55 Å². The van der Waals surface area contributed by atoms with Gasteiger partial charge in [0.1, 0.15) is 12.4 Å². The van der Waals surface area contributed by atoms with Crippen LogP contribution in [0.25, 0.3) is 11.0 Å². The van der Waals surface area contributed by atoms with E-state index in [1.807, 2.05) is 0 Å². The van der Waals surface area contributed by atoms with E-state index in [4.69, 9.17) is 5.73 Å². The third kappa shape index (κ3) is 2.87. The van der Waals surface area contributed by atoms with E-state index in [9.17, 15) is 13.5 Å². The van der Waals surface area contributed by atoms with Crippen LogP contribution in [0.4, 0.5) is 5.69 Å². The average molecular weight is 283 g/mol. The Balaban J connectivity index is 2.41. The molecule has 19 heavy (non-hydrogen) atoms. The average Bonchev–Trinajstić information content (AvgIpc) is 2.73. The molecule has 0 unspecified atom stereocenters. The molecule has 1 aromatic carbocycles. The number of aromatic nitrogens is 2. The molecule has 0 bridgehead atoms. The molecule has 3 N–H and O–H groups in total. The van der Waals surface area contributed by atoms with Crippen LogP contribution in [0.1, 0.15) is 12.7 Å². The second-order valence-electron chi connectivity index (χ2n) is 4.32. The Morgan fingerprint density at radius 3 is 2.79 bits per heavy atom. The molecule has 0 spiro atoms. The Kier molecular flexibility index (Phi) is 3.77. The maximum absolute atomic E-state index is 11.6. The summed E-state index contributed by atoms with van der Waals surface area (Å²) in [5.74, 6) is 0.597. The largest absolute Gasteiger partial charge is 0.399 e. The fourth-order valence-electron chi connectivity index (χ4n) is 1.94. The molecule has 0 amide bonds. The van der Waals surface area contributed by atoms with Gasteiger partial charge < -0.3 is 15.4 Å². The first kappa shape index (κ1) is 13.8. The Labute approximate surface area is 111 Å². The highest BCUT2D eigenvalue weighted by Crippen LogP contribution is 2.19. The van der Waals surface area contributed by atoms with Crippen molar-refractivity contribution in [2.24, 2.45) is 0 Å². The molecule has 0 radical (unpaired) electrons. The number of imidazole rings is 1. The molecule has 104 valence electrons. The van der Waals surface area contributed by atoms with E-state index in [2.05, 4.69) is 4.98 Å². The van der Waals surface area contributed by atoms with Crippen LogP contribution >= 0.6 is 0 Å². The SMILES string of the molecule is CCS(=O)(=O)CCn1c(CO)nc2cc(N)ccc21. The number of aliphatic hydroxyl groups is 1. The minimum atomic E-state index is -3.05. The molecule has 2 rings (SSSR count). The minimum absolute atomic E-state index is 0.0341. The molecule has 0 saturated heterocycles. The molecule has 1 heterocycles. The van der Waals surface area contributed by atoms with Crippen molar-refractivity contribution >= 4 is 26.6 Å². The van der Waals surface area contributed by atoms with E-state index in [0.717, 1.165) is 5.52 Å². The summed E-state index contributed by atoms with van der Waals surface area (Å²) in [5, 5.41) is 9.31. The van der Waals surface area contributed by atoms with Gasteiger partial charge in [-0.2, -0.15) is 0 Å². The number of fused-ring (bicyclic) bond motifs is 1. The number of nitrogens with zero attached hydrogens (tertiary/aromatic N) is 2. The van der Waals surface area contributed by atoms with Crippen LogP contribution in [-0.2, 0) is 23.0 Å². The highest BCUT2D eigenvalue weighted by Gasteiger charge is 2.13. The quantitative estimate of drug-likeness (QED) is 0.781. The van der Waals surface area contributed by atoms with Gasteiger partial charge in [0.15, 0.2) is 9.84 Å². The predicted molar refractivity (Wildman–Crippen MR) is 74.4 cm³/mol. The molecule has 2 aromatic rings. The smallest absolute Gasteiger partial charge is 0.151 e. The van der Waals surface area contributed by atoms with Crippen molar-refractivity contribution in [1.29, 1.82) is 0 Å². The van der Waals surface area contributed by atoms with Crippen LogP contribution in [0.3, 0.4) is 0 Å². The topological polar surface area (TPSA) is 98.2 Å². The van der Waals surface area contributed by atoms with Gasteiger partial charge in [-0.1, -0.05) is 6.92 Å². The summed E-state index contributed by atoms with van der Waals surface area (Å²) in [6.45, 7) is 1.67. The molecule has 0 fully saturated rings. The lowest BCUT2D eigenvalue weighted by molar-refractivity contribution is 0.266.